The van der Waals surface area contributed by atoms with Gasteiger partial charge in [0.05, 0.1) is 0 Å². The molecule has 96 valence electrons. The second-order valence-electron chi connectivity index (χ2n) is 5.26. The molecule has 0 spiro atoms. The lowest BCUT2D eigenvalue weighted by atomic mass is 10.1. The molecule has 0 aromatic heterocycles. The summed E-state index contributed by atoms with van der Waals surface area (Å²) in [4.78, 5) is 15.7. The summed E-state index contributed by atoms with van der Waals surface area (Å²) in [5, 5.41) is 0. The van der Waals surface area contributed by atoms with Crippen LogP contribution in [-0.2, 0) is 4.79 Å². The number of rotatable bonds is 8. The van der Waals surface area contributed by atoms with Crippen molar-refractivity contribution in [3.8, 4) is 0 Å². The molecule has 0 fully saturated rings. The van der Waals surface area contributed by atoms with Gasteiger partial charge in [0.1, 0.15) is 0 Å². The van der Waals surface area contributed by atoms with Gasteiger partial charge in [0.15, 0.2) is 0 Å². The van der Waals surface area contributed by atoms with Gasteiger partial charge >= 0.3 is 0 Å². The van der Waals surface area contributed by atoms with E-state index in [1.807, 2.05) is 26.0 Å². The number of carbonyl (C=O) groups excluding carboxylic acids is 1. The molecule has 0 rings (SSSR count). The van der Waals surface area contributed by atoms with Gasteiger partial charge in [-0.15, -0.1) is 0 Å². The summed E-state index contributed by atoms with van der Waals surface area (Å²) in [5.41, 5.74) is 0. The Kier molecular flexibility index (Phi) is 8.26. The smallest absolute Gasteiger partial charge is 0.222 e. The molecule has 0 heterocycles. The van der Waals surface area contributed by atoms with Crippen molar-refractivity contribution in [2.24, 2.45) is 5.92 Å². The first-order chi connectivity index (χ1) is 7.43. The van der Waals surface area contributed by atoms with E-state index in [1.54, 1.807) is 0 Å². The zero-order valence-corrected chi connectivity index (χ0v) is 11.6. The van der Waals surface area contributed by atoms with E-state index in [1.165, 1.54) is 6.42 Å². The second-order valence-corrected chi connectivity index (χ2v) is 5.26. The molecule has 0 aliphatic heterocycles. The highest BCUT2D eigenvalue weighted by Crippen LogP contribution is 2.05. The van der Waals surface area contributed by atoms with Gasteiger partial charge in [0.2, 0.25) is 5.91 Å². The van der Waals surface area contributed by atoms with Crippen LogP contribution in [0.1, 0.15) is 39.5 Å². The number of carbonyl (C=O) groups is 1. The van der Waals surface area contributed by atoms with Crippen LogP contribution in [-0.4, -0.2) is 49.9 Å². The SMILES string of the molecule is CC(C)CCCN(C)C(=O)CCCN(C)C. The highest BCUT2D eigenvalue weighted by molar-refractivity contribution is 5.75. The van der Waals surface area contributed by atoms with E-state index in [0.29, 0.717) is 6.42 Å². The molecule has 0 saturated carbocycles. The van der Waals surface area contributed by atoms with Crippen molar-refractivity contribution in [2.75, 3.05) is 34.2 Å². The summed E-state index contributed by atoms with van der Waals surface area (Å²) in [5.74, 6) is 1.02. The predicted molar refractivity (Wildman–Crippen MR) is 69.5 cm³/mol. The van der Waals surface area contributed by atoms with Crippen molar-refractivity contribution in [1.29, 1.82) is 0 Å². The number of amides is 1. The zero-order chi connectivity index (χ0) is 12.6. The van der Waals surface area contributed by atoms with Crippen molar-refractivity contribution >= 4 is 5.91 Å². The maximum absolute atomic E-state index is 11.7. The molecule has 3 heteroatoms. The third-order valence-electron chi connectivity index (χ3n) is 2.70. The number of nitrogens with zero attached hydrogens (tertiary/aromatic N) is 2. The lowest BCUT2D eigenvalue weighted by molar-refractivity contribution is -0.130. The Hall–Kier alpha value is -0.570. The number of hydrogen-bond acceptors (Lipinski definition) is 2. The van der Waals surface area contributed by atoms with Gasteiger partial charge in [-0.05, 0) is 45.8 Å². The molecule has 1 amide bonds. The molecule has 0 aliphatic rings. The second kappa shape index (κ2) is 8.57. The van der Waals surface area contributed by atoms with E-state index in [-0.39, 0.29) is 5.91 Å². The average molecular weight is 228 g/mol. The maximum Gasteiger partial charge on any atom is 0.222 e. The van der Waals surface area contributed by atoms with Crippen LogP contribution in [0.5, 0.6) is 0 Å². The Balaban J connectivity index is 3.57. The zero-order valence-electron chi connectivity index (χ0n) is 11.6. The first-order valence-electron chi connectivity index (χ1n) is 6.32. The highest BCUT2D eigenvalue weighted by Gasteiger charge is 2.08. The quantitative estimate of drug-likeness (QED) is 0.636. The third-order valence-corrected chi connectivity index (χ3v) is 2.70. The average Bonchev–Trinajstić information content (AvgIpc) is 2.16. The highest BCUT2D eigenvalue weighted by atomic mass is 16.2. The van der Waals surface area contributed by atoms with Crippen LogP contribution >= 0.6 is 0 Å². The fourth-order valence-corrected chi connectivity index (χ4v) is 1.60. The summed E-state index contributed by atoms with van der Waals surface area (Å²) in [6, 6.07) is 0. The molecule has 3 nitrogen and oxygen atoms in total. The van der Waals surface area contributed by atoms with Crippen molar-refractivity contribution in [3.05, 3.63) is 0 Å². The Morgan fingerprint density at radius 3 is 2.19 bits per heavy atom. The maximum atomic E-state index is 11.7. The Morgan fingerprint density at radius 1 is 1.06 bits per heavy atom. The van der Waals surface area contributed by atoms with Crippen molar-refractivity contribution in [2.45, 2.75) is 39.5 Å². The summed E-state index contributed by atoms with van der Waals surface area (Å²) < 4.78 is 0. The van der Waals surface area contributed by atoms with Crippen LogP contribution in [0.15, 0.2) is 0 Å². The fourth-order valence-electron chi connectivity index (χ4n) is 1.60. The number of hydrogen-bond donors (Lipinski definition) is 0. The molecule has 0 N–H and O–H groups in total. The molecule has 0 saturated heterocycles. The molecule has 0 aliphatic carbocycles. The molecule has 0 unspecified atom stereocenters. The minimum absolute atomic E-state index is 0.283. The first-order valence-corrected chi connectivity index (χ1v) is 6.32. The van der Waals surface area contributed by atoms with E-state index in [4.69, 9.17) is 0 Å². The lowest BCUT2D eigenvalue weighted by Gasteiger charge is -2.18. The molecule has 0 bridgehead atoms. The molecule has 16 heavy (non-hydrogen) atoms. The van der Waals surface area contributed by atoms with Gasteiger partial charge in [-0.2, -0.15) is 0 Å². The Bertz CT molecular complexity index is 190. The molecule has 0 aromatic rings. The standard InChI is InChI=1S/C13H28N2O/c1-12(2)8-6-11-15(5)13(16)9-7-10-14(3)4/h12H,6-11H2,1-5H3. The molecule has 0 atom stereocenters. The van der Waals surface area contributed by atoms with E-state index in [9.17, 15) is 4.79 Å². The third kappa shape index (κ3) is 8.72. The Labute approximate surface area is 101 Å². The van der Waals surface area contributed by atoms with E-state index < -0.39 is 0 Å². The van der Waals surface area contributed by atoms with E-state index >= 15 is 0 Å². The van der Waals surface area contributed by atoms with Gasteiger partial charge in [0.25, 0.3) is 0 Å². The van der Waals surface area contributed by atoms with Gasteiger partial charge in [-0.3, -0.25) is 4.79 Å². The summed E-state index contributed by atoms with van der Waals surface area (Å²) >= 11 is 0. The molecule has 0 radical (unpaired) electrons. The van der Waals surface area contributed by atoms with Crippen molar-refractivity contribution in [3.63, 3.8) is 0 Å². The van der Waals surface area contributed by atoms with Gasteiger partial charge < -0.3 is 9.80 Å². The first kappa shape index (κ1) is 15.4. The van der Waals surface area contributed by atoms with Crippen LogP contribution in [0, 0.1) is 5.92 Å². The molecular weight excluding hydrogens is 200 g/mol. The monoisotopic (exact) mass is 228 g/mol. The van der Waals surface area contributed by atoms with Gasteiger partial charge in [-0.25, -0.2) is 0 Å². The van der Waals surface area contributed by atoms with E-state index in [2.05, 4.69) is 18.7 Å². The van der Waals surface area contributed by atoms with Crippen LogP contribution < -0.4 is 0 Å². The largest absolute Gasteiger partial charge is 0.346 e. The minimum Gasteiger partial charge on any atom is -0.346 e. The predicted octanol–water partition coefficient (Wildman–Crippen LogP) is 2.22. The lowest BCUT2D eigenvalue weighted by Crippen LogP contribution is -2.28. The summed E-state index contributed by atoms with van der Waals surface area (Å²) in [6.07, 6.45) is 3.96. The van der Waals surface area contributed by atoms with Crippen LogP contribution in [0.25, 0.3) is 0 Å². The van der Waals surface area contributed by atoms with Crippen LogP contribution in [0.4, 0.5) is 0 Å². The fraction of sp³-hybridized carbons (Fsp3) is 0.923. The van der Waals surface area contributed by atoms with Crippen LogP contribution in [0.2, 0.25) is 0 Å². The van der Waals surface area contributed by atoms with Crippen LogP contribution in [0.3, 0.4) is 0 Å². The molecule has 0 aromatic carbocycles. The normalized spacial score (nSPS) is 11.2. The Morgan fingerprint density at radius 2 is 1.69 bits per heavy atom. The summed E-state index contributed by atoms with van der Waals surface area (Å²) in [6.45, 7) is 6.34. The minimum atomic E-state index is 0.283. The van der Waals surface area contributed by atoms with Gasteiger partial charge in [0, 0.05) is 20.0 Å². The topological polar surface area (TPSA) is 23.6 Å². The summed E-state index contributed by atoms with van der Waals surface area (Å²) in [7, 11) is 5.99. The molecular formula is C13H28N2O. The van der Waals surface area contributed by atoms with Crippen molar-refractivity contribution < 1.29 is 4.79 Å². The van der Waals surface area contributed by atoms with Crippen molar-refractivity contribution in [1.82, 2.24) is 9.80 Å². The van der Waals surface area contributed by atoms with Gasteiger partial charge in [-0.1, -0.05) is 13.8 Å². The van der Waals surface area contributed by atoms with E-state index in [0.717, 1.165) is 31.8 Å².